The molecule has 18 heavy (non-hydrogen) atoms. The highest BCUT2D eigenvalue weighted by molar-refractivity contribution is 5.90. The number of anilines is 1. The van der Waals surface area contributed by atoms with Crippen molar-refractivity contribution in [3.8, 4) is 0 Å². The lowest BCUT2D eigenvalue weighted by molar-refractivity contribution is -0.137. The number of nitrogens with one attached hydrogen (secondary N) is 1. The van der Waals surface area contributed by atoms with Gasteiger partial charge in [-0.1, -0.05) is 12.1 Å². The van der Waals surface area contributed by atoms with Crippen LogP contribution in [0.25, 0.3) is 0 Å². The average Bonchev–Trinajstić information content (AvgIpc) is 2.69. The van der Waals surface area contributed by atoms with Crippen molar-refractivity contribution in [3.05, 3.63) is 11.8 Å². The highest BCUT2D eigenvalue weighted by Crippen LogP contribution is 2.08. The normalized spacial score (nSPS) is 10.6. The van der Waals surface area contributed by atoms with Gasteiger partial charge in [0, 0.05) is 12.6 Å². The highest BCUT2D eigenvalue weighted by atomic mass is 16.5. The molecule has 0 saturated carbocycles. The molecule has 0 aliphatic heterocycles. The first-order valence-corrected chi connectivity index (χ1v) is 5.68. The number of aryl methyl sites for hydroxylation is 1. The maximum atomic E-state index is 11.6. The predicted octanol–water partition coefficient (Wildman–Crippen LogP) is 0.718. The lowest BCUT2D eigenvalue weighted by atomic mass is 10.3. The van der Waals surface area contributed by atoms with E-state index in [1.807, 2.05) is 6.92 Å². The number of amides is 1. The molecule has 100 valence electrons. The zero-order valence-electron chi connectivity index (χ0n) is 10.5. The number of carboxylic acid groups (broad SMARTS) is 1. The van der Waals surface area contributed by atoms with Crippen LogP contribution in [0.1, 0.15) is 19.0 Å². The third-order valence-corrected chi connectivity index (χ3v) is 2.35. The Morgan fingerprint density at radius 1 is 1.56 bits per heavy atom. The van der Waals surface area contributed by atoms with Crippen LogP contribution in [-0.4, -0.2) is 46.7 Å². The third kappa shape index (κ3) is 4.96. The number of carbonyl (C=O) groups is 2. The fourth-order valence-corrected chi connectivity index (χ4v) is 1.41. The van der Waals surface area contributed by atoms with Crippen LogP contribution in [0.5, 0.6) is 0 Å². The van der Waals surface area contributed by atoms with Gasteiger partial charge in [0.15, 0.2) is 0 Å². The van der Waals surface area contributed by atoms with E-state index in [-0.39, 0.29) is 18.9 Å². The minimum atomic E-state index is -0.875. The summed E-state index contributed by atoms with van der Waals surface area (Å²) < 4.78 is 4.85. The molecule has 1 amide bonds. The van der Waals surface area contributed by atoms with Gasteiger partial charge >= 0.3 is 5.97 Å². The van der Waals surface area contributed by atoms with E-state index in [1.165, 1.54) is 0 Å². The molecule has 0 radical (unpaired) electrons. The molecule has 7 heteroatoms. The Hall–Kier alpha value is -1.89. The minimum Gasteiger partial charge on any atom is -0.481 e. The summed E-state index contributed by atoms with van der Waals surface area (Å²) in [6.07, 6.45) is 0.0164. The zero-order chi connectivity index (χ0) is 13.5. The van der Waals surface area contributed by atoms with E-state index >= 15 is 0 Å². The van der Waals surface area contributed by atoms with Crippen LogP contribution in [-0.2, 0) is 9.59 Å². The van der Waals surface area contributed by atoms with Crippen LogP contribution in [0.2, 0.25) is 0 Å². The molecule has 2 N–H and O–H groups in total. The SMILES string of the molecule is CCN(CCC(=O)O)CC(=O)Nc1cc(C)no1. The molecule has 0 fully saturated rings. The van der Waals surface area contributed by atoms with Crippen molar-refractivity contribution in [2.45, 2.75) is 20.3 Å². The van der Waals surface area contributed by atoms with Crippen molar-refractivity contribution in [2.75, 3.05) is 25.0 Å². The molecular weight excluding hydrogens is 238 g/mol. The summed E-state index contributed by atoms with van der Waals surface area (Å²) in [4.78, 5) is 23.8. The van der Waals surface area contributed by atoms with E-state index in [1.54, 1.807) is 17.9 Å². The number of hydrogen-bond acceptors (Lipinski definition) is 5. The Kier molecular flexibility index (Phi) is 5.31. The first kappa shape index (κ1) is 14.2. The predicted molar refractivity (Wildman–Crippen MR) is 64.2 cm³/mol. The number of hydrogen-bond donors (Lipinski definition) is 2. The van der Waals surface area contributed by atoms with Crippen LogP contribution < -0.4 is 5.32 Å². The Bertz CT molecular complexity index is 416. The monoisotopic (exact) mass is 255 g/mol. The summed E-state index contributed by atoms with van der Waals surface area (Å²) in [7, 11) is 0. The number of aromatic nitrogens is 1. The minimum absolute atomic E-state index is 0.0164. The summed E-state index contributed by atoms with van der Waals surface area (Å²) in [6, 6.07) is 1.62. The summed E-state index contributed by atoms with van der Waals surface area (Å²) in [5.74, 6) is -0.829. The van der Waals surface area contributed by atoms with Crippen molar-refractivity contribution in [1.82, 2.24) is 10.1 Å². The number of carbonyl (C=O) groups excluding carboxylic acids is 1. The standard InChI is InChI=1S/C11H17N3O4/c1-3-14(5-4-11(16)17)7-9(15)12-10-6-8(2)13-18-10/h6H,3-5,7H2,1-2H3,(H,12,15)(H,16,17). The maximum Gasteiger partial charge on any atom is 0.304 e. The van der Waals surface area contributed by atoms with Gasteiger partial charge in [-0.3, -0.25) is 19.8 Å². The number of rotatable bonds is 7. The summed E-state index contributed by atoms with van der Waals surface area (Å²) in [5, 5.41) is 14.8. The molecule has 0 spiro atoms. The first-order valence-electron chi connectivity index (χ1n) is 5.68. The summed E-state index contributed by atoms with van der Waals surface area (Å²) in [5.41, 5.74) is 0.684. The molecule has 0 unspecified atom stereocenters. The Balaban J connectivity index is 2.39. The van der Waals surface area contributed by atoms with Gasteiger partial charge in [0.1, 0.15) is 0 Å². The fraction of sp³-hybridized carbons (Fsp3) is 0.545. The second-order valence-electron chi connectivity index (χ2n) is 3.89. The molecule has 7 nitrogen and oxygen atoms in total. The van der Waals surface area contributed by atoms with Crippen molar-refractivity contribution >= 4 is 17.8 Å². The molecule has 0 aliphatic carbocycles. The number of aliphatic carboxylic acids is 1. The number of likely N-dealkylation sites (N-methyl/N-ethyl adjacent to an activating group) is 1. The Labute approximate surface area is 105 Å². The van der Waals surface area contributed by atoms with Crippen LogP contribution in [0, 0.1) is 6.92 Å². The lowest BCUT2D eigenvalue weighted by Gasteiger charge is -2.17. The van der Waals surface area contributed by atoms with Crippen LogP contribution in [0.3, 0.4) is 0 Å². The molecule has 1 aromatic rings. The molecule has 0 aliphatic rings. The molecule has 1 heterocycles. The lowest BCUT2D eigenvalue weighted by Crippen LogP contribution is -2.34. The van der Waals surface area contributed by atoms with Gasteiger partial charge in [0.25, 0.3) is 0 Å². The Morgan fingerprint density at radius 3 is 2.78 bits per heavy atom. The summed E-state index contributed by atoms with van der Waals surface area (Å²) >= 11 is 0. The van der Waals surface area contributed by atoms with Gasteiger partial charge in [-0.2, -0.15) is 0 Å². The van der Waals surface area contributed by atoms with Crippen molar-refractivity contribution < 1.29 is 19.2 Å². The molecular formula is C11H17N3O4. The van der Waals surface area contributed by atoms with Gasteiger partial charge in [-0.05, 0) is 13.5 Å². The topological polar surface area (TPSA) is 95.7 Å². The molecule has 1 aromatic heterocycles. The number of nitrogens with zero attached hydrogens (tertiary/aromatic N) is 2. The van der Waals surface area contributed by atoms with Crippen LogP contribution in [0.15, 0.2) is 10.6 Å². The highest BCUT2D eigenvalue weighted by Gasteiger charge is 2.12. The van der Waals surface area contributed by atoms with E-state index in [2.05, 4.69) is 10.5 Å². The fourth-order valence-electron chi connectivity index (χ4n) is 1.41. The zero-order valence-corrected chi connectivity index (χ0v) is 10.5. The largest absolute Gasteiger partial charge is 0.481 e. The Morgan fingerprint density at radius 2 is 2.28 bits per heavy atom. The van der Waals surface area contributed by atoms with E-state index in [0.29, 0.717) is 24.7 Å². The van der Waals surface area contributed by atoms with Gasteiger partial charge in [-0.25, -0.2) is 0 Å². The molecule has 0 saturated heterocycles. The second-order valence-corrected chi connectivity index (χ2v) is 3.89. The number of carboxylic acids is 1. The van der Waals surface area contributed by atoms with Gasteiger partial charge < -0.3 is 9.63 Å². The first-order chi connectivity index (χ1) is 8.51. The molecule has 0 bridgehead atoms. The van der Waals surface area contributed by atoms with Crippen molar-refractivity contribution in [1.29, 1.82) is 0 Å². The van der Waals surface area contributed by atoms with Crippen molar-refractivity contribution in [2.24, 2.45) is 0 Å². The van der Waals surface area contributed by atoms with Crippen LogP contribution >= 0.6 is 0 Å². The second kappa shape index (κ2) is 6.75. The molecule has 0 atom stereocenters. The van der Waals surface area contributed by atoms with Crippen LogP contribution in [0.4, 0.5) is 5.88 Å². The van der Waals surface area contributed by atoms with E-state index in [4.69, 9.17) is 9.63 Å². The van der Waals surface area contributed by atoms with Gasteiger partial charge in [-0.15, -0.1) is 0 Å². The molecule has 0 aromatic carbocycles. The summed E-state index contributed by atoms with van der Waals surface area (Å²) in [6.45, 7) is 4.70. The van der Waals surface area contributed by atoms with Gasteiger partial charge in [0.2, 0.25) is 11.8 Å². The van der Waals surface area contributed by atoms with E-state index in [0.717, 1.165) is 0 Å². The maximum absolute atomic E-state index is 11.6. The van der Waals surface area contributed by atoms with Crippen molar-refractivity contribution in [3.63, 3.8) is 0 Å². The third-order valence-electron chi connectivity index (χ3n) is 2.35. The van der Waals surface area contributed by atoms with Gasteiger partial charge in [0.05, 0.1) is 18.7 Å². The smallest absolute Gasteiger partial charge is 0.304 e. The average molecular weight is 255 g/mol. The van der Waals surface area contributed by atoms with E-state index in [9.17, 15) is 9.59 Å². The molecule has 1 rings (SSSR count). The quantitative estimate of drug-likeness (QED) is 0.745. The van der Waals surface area contributed by atoms with E-state index < -0.39 is 5.97 Å².